The second-order valence-electron chi connectivity index (χ2n) is 16.9. The van der Waals surface area contributed by atoms with E-state index >= 15 is 0 Å². The van der Waals surface area contributed by atoms with Gasteiger partial charge in [0.05, 0.1) is 22.8 Å². The first kappa shape index (κ1) is 44.6. The van der Waals surface area contributed by atoms with E-state index in [1.807, 2.05) is 146 Å². The van der Waals surface area contributed by atoms with Crippen LogP contribution in [0.15, 0.2) is 121 Å². The van der Waals surface area contributed by atoms with E-state index < -0.39 is 23.9 Å². The number of aryl methyl sites for hydroxylation is 4. The lowest BCUT2D eigenvalue weighted by Gasteiger charge is -2.08. The van der Waals surface area contributed by atoms with Crippen LogP contribution in [0.4, 0.5) is 0 Å². The van der Waals surface area contributed by atoms with Gasteiger partial charge in [-0.15, -0.1) is 0 Å². The number of hydrogen-bond donors (Lipinski definition) is 6. The maximum Gasteiger partial charge on any atom is 0.303 e. The Bertz CT molecular complexity index is 2890. The van der Waals surface area contributed by atoms with Crippen molar-refractivity contribution < 1.29 is 39.6 Å². The average Bonchev–Trinajstić information content (AvgIpc) is 4.19. The minimum Gasteiger partial charge on any atom is -0.481 e. The molecule has 5 heterocycles. The van der Waals surface area contributed by atoms with Crippen LogP contribution in [0.25, 0.3) is 90.9 Å². The first-order valence-corrected chi connectivity index (χ1v) is 22.4. The van der Waals surface area contributed by atoms with Crippen LogP contribution in [0, 0.1) is 0 Å². The predicted octanol–water partition coefficient (Wildman–Crippen LogP) is 11.4. The Morgan fingerprint density at radius 3 is 0.721 bits per heavy atom. The summed E-state index contributed by atoms with van der Waals surface area (Å²) in [6.07, 6.45) is 9.57. The molecule has 0 fully saturated rings. The van der Waals surface area contributed by atoms with Gasteiger partial charge in [-0.3, -0.25) is 19.2 Å². The van der Waals surface area contributed by atoms with Gasteiger partial charge in [0.15, 0.2) is 0 Å². The van der Waals surface area contributed by atoms with Crippen LogP contribution in [0.2, 0.25) is 0 Å². The molecule has 0 saturated heterocycles. The Balaban J connectivity index is 1.34. The second kappa shape index (κ2) is 19.4. The van der Waals surface area contributed by atoms with Crippen LogP contribution in [-0.4, -0.2) is 64.2 Å². The van der Waals surface area contributed by atoms with Gasteiger partial charge >= 0.3 is 23.9 Å². The Kier molecular flexibility index (Phi) is 12.7. The Morgan fingerprint density at radius 1 is 0.324 bits per heavy atom. The summed E-state index contributed by atoms with van der Waals surface area (Å²) in [5.41, 5.74) is 16.1. The zero-order valence-electron chi connectivity index (χ0n) is 36.8. The van der Waals surface area contributed by atoms with E-state index in [-0.39, 0.29) is 25.7 Å². The molecule has 6 N–H and O–H groups in total. The molecule has 0 spiro atoms. The Morgan fingerprint density at radius 2 is 0.529 bits per heavy atom. The summed E-state index contributed by atoms with van der Waals surface area (Å²) in [6.45, 7) is 0. The molecule has 0 amide bonds. The highest BCUT2D eigenvalue weighted by Crippen LogP contribution is 2.39. The lowest BCUT2D eigenvalue weighted by Crippen LogP contribution is -1.97. The van der Waals surface area contributed by atoms with E-state index in [9.17, 15) is 39.6 Å². The van der Waals surface area contributed by atoms with Crippen molar-refractivity contribution in [2.24, 2.45) is 0 Å². The summed E-state index contributed by atoms with van der Waals surface area (Å²) in [7, 11) is 0. The molecule has 0 aliphatic carbocycles. The molecule has 8 bridgehead atoms. The number of aliphatic carboxylic acids is 4. The lowest BCUT2D eigenvalue weighted by atomic mass is 10.0. The molecule has 12 heteroatoms. The molecule has 0 unspecified atom stereocenters. The van der Waals surface area contributed by atoms with E-state index in [2.05, 4.69) is 9.97 Å². The molecule has 12 nitrogen and oxygen atoms in total. The first-order valence-electron chi connectivity index (χ1n) is 22.4. The highest BCUT2D eigenvalue weighted by atomic mass is 16.4. The molecule has 0 saturated carbocycles. The zero-order chi connectivity index (χ0) is 47.3. The molecule has 7 aromatic rings. The second-order valence-corrected chi connectivity index (χ2v) is 16.9. The number of carbonyl (C=O) groups is 4. The number of rotatable bonds is 16. The Labute approximate surface area is 390 Å². The molecular weight excluding hydrogens is 857 g/mol. The number of aromatic amines is 2. The fraction of sp³-hybridized carbons (Fsp3) is 0.143. The van der Waals surface area contributed by atoms with E-state index in [0.29, 0.717) is 48.5 Å². The van der Waals surface area contributed by atoms with Crippen molar-refractivity contribution in [1.82, 2.24) is 19.9 Å². The quantitative estimate of drug-likeness (QED) is 0.0541. The molecule has 0 radical (unpaired) electrons. The molecular formula is C56H46N4O8. The fourth-order valence-corrected chi connectivity index (χ4v) is 8.78. The van der Waals surface area contributed by atoms with Crippen LogP contribution < -0.4 is 0 Å². The predicted molar refractivity (Wildman–Crippen MR) is 264 cm³/mol. The van der Waals surface area contributed by atoms with Crippen LogP contribution >= 0.6 is 0 Å². The van der Waals surface area contributed by atoms with E-state index in [1.54, 1.807) is 0 Å². The van der Waals surface area contributed by atoms with Gasteiger partial charge in [-0.05, 0) is 119 Å². The summed E-state index contributed by atoms with van der Waals surface area (Å²) in [5.74, 6) is -3.46. The standard InChI is InChI=1S/C56H46N4O8/c61-49(62)29-9-33-1-13-37(14-2-33)53-41-21-23-43(57-41)54(38-15-3-34(4-16-38)10-30-50(63)64)45-25-27-47(59-45)56(40-19-7-36(8-20-40)12-32-52(67)68)48-28-26-46(60-48)55(44-24-22-42(53)58-44)39-17-5-35(6-18-39)11-31-51(65)66/h1-8,13-28,57,60H,9-12,29-32H2,(H,61,62)(H,63,64)(H,65,66)(H,67,68). The van der Waals surface area contributed by atoms with E-state index in [1.165, 1.54) is 0 Å². The molecule has 338 valence electrons. The van der Waals surface area contributed by atoms with Gasteiger partial charge in [0.2, 0.25) is 0 Å². The maximum atomic E-state index is 11.4. The third-order valence-electron chi connectivity index (χ3n) is 12.2. The van der Waals surface area contributed by atoms with Crippen LogP contribution in [-0.2, 0) is 44.9 Å². The molecule has 4 aromatic carbocycles. The largest absolute Gasteiger partial charge is 0.481 e. The summed E-state index contributed by atoms with van der Waals surface area (Å²) < 4.78 is 0. The van der Waals surface area contributed by atoms with Gasteiger partial charge in [-0.1, -0.05) is 97.1 Å². The van der Waals surface area contributed by atoms with Crippen molar-refractivity contribution in [1.29, 1.82) is 0 Å². The topological polar surface area (TPSA) is 207 Å². The molecule has 2 aliphatic rings. The molecule has 9 rings (SSSR count). The summed E-state index contributed by atoms with van der Waals surface area (Å²) >= 11 is 0. The van der Waals surface area contributed by atoms with Crippen LogP contribution in [0.3, 0.4) is 0 Å². The molecule has 68 heavy (non-hydrogen) atoms. The summed E-state index contributed by atoms with van der Waals surface area (Å²) in [4.78, 5) is 63.8. The van der Waals surface area contributed by atoms with Crippen molar-refractivity contribution in [3.63, 3.8) is 0 Å². The molecule has 3 aromatic heterocycles. The van der Waals surface area contributed by atoms with Gasteiger partial charge in [-0.2, -0.15) is 0 Å². The van der Waals surface area contributed by atoms with Crippen molar-refractivity contribution >= 4 is 70.2 Å². The van der Waals surface area contributed by atoms with Gasteiger partial charge in [0.25, 0.3) is 0 Å². The highest BCUT2D eigenvalue weighted by molar-refractivity contribution is 6.00. The molecule has 0 atom stereocenters. The number of nitrogens with one attached hydrogen (secondary N) is 2. The smallest absolute Gasteiger partial charge is 0.303 e. The highest BCUT2D eigenvalue weighted by Gasteiger charge is 2.20. The van der Waals surface area contributed by atoms with Crippen molar-refractivity contribution in [3.8, 4) is 44.5 Å². The van der Waals surface area contributed by atoms with Gasteiger partial charge in [0, 0.05) is 70.0 Å². The van der Waals surface area contributed by atoms with Crippen molar-refractivity contribution in [2.75, 3.05) is 0 Å². The first-order chi connectivity index (χ1) is 32.9. The number of fused-ring (bicyclic) bond motifs is 8. The SMILES string of the molecule is O=C(O)CCc1ccc(-c2c3nc(c(-c4ccc(CCC(=O)O)cc4)c4ccc([nH]4)c(-c4ccc(CCC(=O)O)cc4)c4nc(c(-c5ccc(CCC(=O)O)cc5)c5ccc2[nH]5)C=C4)C=C3)cc1. The maximum absolute atomic E-state index is 11.4. The van der Waals surface area contributed by atoms with Crippen molar-refractivity contribution in [3.05, 3.63) is 166 Å². The Hall–Kier alpha value is -8.64. The summed E-state index contributed by atoms with van der Waals surface area (Å²) in [6, 6.07) is 39.5. The van der Waals surface area contributed by atoms with Gasteiger partial charge < -0.3 is 30.4 Å². The number of benzene rings is 4. The number of H-pyrrole nitrogens is 2. The van der Waals surface area contributed by atoms with Crippen LogP contribution in [0.1, 0.15) is 70.7 Å². The third-order valence-corrected chi connectivity index (χ3v) is 12.2. The zero-order valence-corrected chi connectivity index (χ0v) is 36.8. The van der Waals surface area contributed by atoms with Gasteiger partial charge in [-0.25, -0.2) is 9.97 Å². The van der Waals surface area contributed by atoms with Gasteiger partial charge in [0.1, 0.15) is 0 Å². The van der Waals surface area contributed by atoms with Crippen molar-refractivity contribution in [2.45, 2.75) is 51.4 Å². The minimum absolute atomic E-state index is 0.0139. The fourth-order valence-electron chi connectivity index (χ4n) is 8.78. The summed E-state index contributed by atoms with van der Waals surface area (Å²) in [5, 5.41) is 37.5. The molecule has 2 aliphatic heterocycles. The van der Waals surface area contributed by atoms with E-state index in [0.717, 1.165) is 88.8 Å². The van der Waals surface area contributed by atoms with Crippen LogP contribution in [0.5, 0.6) is 0 Å². The third kappa shape index (κ3) is 9.94. The normalized spacial score (nSPS) is 11.8. The minimum atomic E-state index is -0.865. The average molecular weight is 903 g/mol. The number of carboxylic acid groups (broad SMARTS) is 4. The monoisotopic (exact) mass is 902 g/mol. The number of aromatic nitrogens is 4. The number of carboxylic acids is 4. The number of nitrogens with zero attached hydrogens (tertiary/aromatic N) is 2. The van der Waals surface area contributed by atoms with E-state index in [4.69, 9.17) is 9.97 Å². The number of hydrogen-bond acceptors (Lipinski definition) is 6. The lowest BCUT2D eigenvalue weighted by molar-refractivity contribution is -0.138.